The summed E-state index contributed by atoms with van der Waals surface area (Å²) in [7, 11) is 2.89. The molecule has 4 aromatic rings. The number of anilines is 1. The number of rotatable bonds is 6. The summed E-state index contributed by atoms with van der Waals surface area (Å²) in [4.78, 5) is 37.8. The number of ketones is 2. The number of benzene rings is 2. The van der Waals surface area contributed by atoms with Gasteiger partial charge in [0.15, 0.2) is 5.75 Å². The molecule has 0 amide bonds. The summed E-state index contributed by atoms with van der Waals surface area (Å²) in [6.07, 6.45) is 3.46. The molecule has 1 N–H and O–H groups in total. The second kappa shape index (κ2) is 10.1. The highest BCUT2D eigenvalue weighted by molar-refractivity contribution is 6.36. The number of ether oxygens (including phenoxy) is 4. The van der Waals surface area contributed by atoms with Crippen molar-refractivity contribution in [1.29, 1.82) is 0 Å². The topological polar surface area (TPSA) is 127 Å². The molecule has 2 aliphatic heterocycles. The van der Waals surface area contributed by atoms with E-state index < -0.39 is 29.1 Å². The molecule has 3 aliphatic rings. The minimum atomic E-state index is -1.87. The quantitative estimate of drug-likeness (QED) is 0.308. The SMILES string of the molecule is COc1cc(OC)c2c(c1Cl)O[C@@]1(C(=O)C3=C(C[C@H]1C)Nc1ncnn1C3c1cccc(OCc3ccccn3)c1)C2=O. The lowest BCUT2D eigenvalue weighted by atomic mass is 9.69. The predicted octanol–water partition coefficient (Wildman–Crippen LogP) is 4.81. The summed E-state index contributed by atoms with van der Waals surface area (Å²) in [5.41, 5.74) is 0.744. The van der Waals surface area contributed by atoms with Crippen LogP contribution in [0.3, 0.4) is 0 Å². The normalized spacial score (nSPS) is 22.0. The smallest absolute Gasteiger partial charge is 0.236 e. The van der Waals surface area contributed by atoms with Crippen molar-refractivity contribution in [2.45, 2.75) is 31.6 Å². The van der Waals surface area contributed by atoms with Crippen LogP contribution in [0, 0.1) is 5.92 Å². The molecule has 1 unspecified atom stereocenters. The van der Waals surface area contributed by atoms with Crippen molar-refractivity contribution in [3.63, 3.8) is 0 Å². The fourth-order valence-electron chi connectivity index (χ4n) is 6.11. The van der Waals surface area contributed by atoms with Gasteiger partial charge in [0.2, 0.25) is 23.1 Å². The number of fused-ring (bicyclic) bond motifs is 2. The number of methoxy groups -OCH3 is 2. The summed E-state index contributed by atoms with van der Waals surface area (Å²) in [5.74, 6) is 0.0656. The Kier molecular flexibility index (Phi) is 6.35. The van der Waals surface area contributed by atoms with Crippen molar-refractivity contribution in [3.8, 4) is 23.0 Å². The first-order valence-corrected chi connectivity index (χ1v) is 14.0. The minimum absolute atomic E-state index is 0.0683. The van der Waals surface area contributed by atoms with Crippen molar-refractivity contribution in [1.82, 2.24) is 19.7 Å². The van der Waals surface area contributed by atoms with E-state index in [-0.39, 0.29) is 34.4 Å². The standard InChI is InChI=1S/C31H26ClN5O6/c1-16-11-20-23(28(38)31(16)29(39)24-21(40-2)13-22(41-3)25(32)27(24)43-31)26(37-30(36-20)34-15-35-37)17-7-6-9-19(12-17)42-14-18-8-4-5-10-33-18/h4-10,12-13,15-16,26H,11,14H2,1-3H3,(H,34,35,36)/t16-,26?,31+/m1/s1. The lowest BCUT2D eigenvalue weighted by Gasteiger charge is -2.41. The van der Waals surface area contributed by atoms with Crippen LogP contribution in [0.15, 0.2) is 72.3 Å². The number of carbonyl (C=O) groups is 2. The molecule has 0 radical (unpaired) electrons. The van der Waals surface area contributed by atoms with Crippen LogP contribution in [0.5, 0.6) is 23.0 Å². The Balaban J connectivity index is 1.32. The molecule has 1 aliphatic carbocycles. The van der Waals surface area contributed by atoms with Gasteiger partial charge in [0.25, 0.3) is 0 Å². The van der Waals surface area contributed by atoms with Crippen molar-refractivity contribution in [2.75, 3.05) is 19.5 Å². The average Bonchev–Trinajstić information content (AvgIpc) is 3.62. The summed E-state index contributed by atoms with van der Waals surface area (Å²) >= 11 is 6.62. The van der Waals surface area contributed by atoms with Gasteiger partial charge in [-0.15, -0.1) is 0 Å². The Morgan fingerprint density at radius 2 is 1.91 bits per heavy atom. The molecule has 12 heteroatoms. The number of Topliss-reactive ketones (excluding diaryl/α,β-unsaturated/α-hetero) is 2. The van der Waals surface area contributed by atoms with E-state index >= 15 is 0 Å². The maximum absolute atomic E-state index is 14.8. The largest absolute Gasteiger partial charge is 0.496 e. The number of aromatic nitrogens is 4. The first kappa shape index (κ1) is 27.0. The monoisotopic (exact) mass is 599 g/mol. The molecule has 7 rings (SSSR count). The third-order valence-electron chi connectivity index (χ3n) is 8.17. The maximum Gasteiger partial charge on any atom is 0.236 e. The molecule has 11 nitrogen and oxygen atoms in total. The Morgan fingerprint density at radius 1 is 1.07 bits per heavy atom. The van der Waals surface area contributed by atoms with Gasteiger partial charge in [-0.05, 0) is 36.2 Å². The number of hydrogen-bond acceptors (Lipinski definition) is 10. The highest BCUT2D eigenvalue weighted by Crippen LogP contribution is 2.55. The highest BCUT2D eigenvalue weighted by Gasteiger charge is 2.63. The van der Waals surface area contributed by atoms with Gasteiger partial charge >= 0.3 is 0 Å². The van der Waals surface area contributed by atoms with E-state index in [0.29, 0.717) is 29.4 Å². The van der Waals surface area contributed by atoms with E-state index in [1.165, 1.54) is 26.6 Å². The highest BCUT2D eigenvalue weighted by atomic mass is 35.5. The van der Waals surface area contributed by atoms with Crippen molar-refractivity contribution in [3.05, 3.63) is 94.2 Å². The molecule has 43 heavy (non-hydrogen) atoms. The molecule has 1 spiro atoms. The van der Waals surface area contributed by atoms with Crippen LogP contribution in [0.25, 0.3) is 0 Å². The van der Waals surface area contributed by atoms with Crippen LogP contribution in [-0.4, -0.2) is 51.1 Å². The van der Waals surface area contributed by atoms with E-state index in [9.17, 15) is 9.59 Å². The first-order valence-electron chi connectivity index (χ1n) is 13.6. The number of pyridine rings is 1. The summed E-state index contributed by atoms with van der Waals surface area (Å²) in [6, 6.07) is 13.8. The van der Waals surface area contributed by atoms with Crippen LogP contribution < -0.4 is 24.3 Å². The number of nitrogens with zero attached hydrogens (tertiary/aromatic N) is 4. The molecular formula is C31H26ClN5O6. The predicted molar refractivity (Wildman–Crippen MR) is 155 cm³/mol. The molecular weight excluding hydrogens is 574 g/mol. The molecule has 0 saturated heterocycles. The number of halogens is 1. The van der Waals surface area contributed by atoms with Gasteiger partial charge in [0, 0.05) is 29.5 Å². The fraction of sp³-hybridized carbons (Fsp3) is 0.258. The third-order valence-corrected chi connectivity index (χ3v) is 8.53. The van der Waals surface area contributed by atoms with Crippen LogP contribution in [0.4, 0.5) is 5.95 Å². The second-order valence-corrected chi connectivity index (χ2v) is 10.9. The van der Waals surface area contributed by atoms with Crippen LogP contribution in [0.2, 0.25) is 5.02 Å². The number of allylic oxidation sites excluding steroid dienone is 1. The van der Waals surface area contributed by atoms with Crippen LogP contribution in [-0.2, 0) is 11.4 Å². The van der Waals surface area contributed by atoms with Crippen LogP contribution >= 0.6 is 11.6 Å². The van der Waals surface area contributed by atoms with Gasteiger partial charge in [-0.2, -0.15) is 10.1 Å². The zero-order valence-corrected chi connectivity index (χ0v) is 24.2. The zero-order chi connectivity index (χ0) is 29.9. The van der Waals surface area contributed by atoms with Gasteiger partial charge in [-0.25, -0.2) is 4.68 Å². The molecule has 0 saturated carbocycles. The van der Waals surface area contributed by atoms with Crippen molar-refractivity contribution in [2.24, 2.45) is 5.92 Å². The molecule has 0 bridgehead atoms. The molecule has 4 heterocycles. The fourth-order valence-corrected chi connectivity index (χ4v) is 6.38. The minimum Gasteiger partial charge on any atom is -0.496 e. The lowest BCUT2D eigenvalue weighted by molar-refractivity contribution is -0.130. The van der Waals surface area contributed by atoms with Crippen molar-refractivity contribution >= 4 is 29.1 Å². The van der Waals surface area contributed by atoms with Gasteiger partial charge in [-0.1, -0.05) is 36.7 Å². The maximum atomic E-state index is 14.8. The molecule has 2 aromatic carbocycles. The Morgan fingerprint density at radius 3 is 2.67 bits per heavy atom. The molecule has 218 valence electrons. The first-order chi connectivity index (χ1) is 20.9. The Hall–Kier alpha value is -4.90. The molecule has 3 atom stereocenters. The van der Waals surface area contributed by atoms with Gasteiger partial charge in [0.05, 0.1) is 19.9 Å². The zero-order valence-electron chi connectivity index (χ0n) is 23.5. The van der Waals surface area contributed by atoms with E-state index in [4.69, 9.17) is 30.5 Å². The molecule has 2 aromatic heterocycles. The third kappa shape index (κ3) is 3.98. The summed E-state index contributed by atoms with van der Waals surface area (Å²) in [5, 5.41) is 7.80. The van der Waals surface area contributed by atoms with Gasteiger partial charge in [-0.3, -0.25) is 14.6 Å². The van der Waals surface area contributed by atoms with Gasteiger partial charge < -0.3 is 24.3 Å². The van der Waals surface area contributed by atoms with E-state index in [1.807, 2.05) is 49.4 Å². The Bertz CT molecular complexity index is 1820. The summed E-state index contributed by atoms with van der Waals surface area (Å²) < 4.78 is 24.9. The van der Waals surface area contributed by atoms with Crippen LogP contribution in [0.1, 0.15) is 41.0 Å². The van der Waals surface area contributed by atoms with Gasteiger partial charge in [0.1, 0.15) is 46.8 Å². The number of carbonyl (C=O) groups excluding carboxylic acids is 2. The van der Waals surface area contributed by atoms with E-state index in [2.05, 4.69) is 20.4 Å². The summed E-state index contributed by atoms with van der Waals surface area (Å²) in [6.45, 7) is 2.08. The molecule has 0 fully saturated rings. The Labute approximate surface area is 251 Å². The lowest BCUT2D eigenvalue weighted by Crippen LogP contribution is -2.58. The van der Waals surface area contributed by atoms with Crippen molar-refractivity contribution < 1.29 is 28.5 Å². The van der Waals surface area contributed by atoms with E-state index in [0.717, 1.165) is 11.3 Å². The van der Waals surface area contributed by atoms with E-state index in [1.54, 1.807) is 10.9 Å². The number of hydrogen-bond donors (Lipinski definition) is 1. The number of nitrogens with one attached hydrogen (secondary N) is 1. The second-order valence-electron chi connectivity index (χ2n) is 10.5. The average molecular weight is 600 g/mol.